The molecule has 15 heavy (non-hydrogen) atoms. The normalized spacial score (nSPS) is 9.13. The van der Waals surface area contributed by atoms with E-state index in [0.29, 0.717) is 10.8 Å². The monoisotopic (exact) mass is 267 g/mol. The third-order valence-electron chi connectivity index (χ3n) is 1.79. The topological polar surface area (TPSA) is 67.2 Å². The third-order valence-corrected chi connectivity index (χ3v) is 2.45. The highest BCUT2D eigenvalue weighted by Gasteiger charge is 2.14. The number of nitrogens with zero attached hydrogens (tertiary/aromatic N) is 1. The summed E-state index contributed by atoms with van der Waals surface area (Å²) < 4.78 is 4.95. The van der Waals surface area contributed by atoms with Crippen molar-refractivity contribution in [2.45, 2.75) is 0 Å². The lowest BCUT2D eigenvalue weighted by atomic mass is 10.1. The highest BCUT2D eigenvalue weighted by Crippen LogP contribution is 2.21. The summed E-state index contributed by atoms with van der Waals surface area (Å²) in [4.78, 5) is 21.9. The van der Waals surface area contributed by atoms with Gasteiger partial charge in [0.25, 0.3) is 0 Å². The molecule has 5 heteroatoms. The first-order valence-corrected chi connectivity index (χ1v) is 4.70. The number of aldehydes is 1. The minimum atomic E-state index is -0.559. The van der Waals surface area contributed by atoms with Crippen LogP contribution in [-0.4, -0.2) is 19.4 Å². The van der Waals surface area contributed by atoms with Crippen LogP contribution in [0.5, 0.6) is 0 Å². The van der Waals surface area contributed by atoms with Crippen LogP contribution < -0.4 is 0 Å². The Morgan fingerprint density at radius 1 is 1.60 bits per heavy atom. The summed E-state index contributed by atoms with van der Waals surface area (Å²) in [5.41, 5.74) is 0.602. The summed E-state index contributed by atoms with van der Waals surface area (Å²) in [5.74, 6) is -0.559. The van der Waals surface area contributed by atoms with Crippen molar-refractivity contribution >= 4 is 28.2 Å². The Kier molecular flexibility index (Phi) is 3.58. The fraction of sp³-hybridized carbons (Fsp3) is 0.100. The van der Waals surface area contributed by atoms with Crippen LogP contribution in [0.15, 0.2) is 16.6 Å². The Bertz CT molecular complexity index is 462. The molecule has 0 fully saturated rings. The summed E-state index contributed by atoms with van der Waals surface area (Å²) in [6, 6.07) is 4.57. The fourth-order valence-corrected chi connectivity index (χ4v) is 1.57. The Morgan fingerprint density at radius 2 is 2.27 bits per heavy atom. The van der Waals surface area contributed by atoms with Crippen molar-refractivity contribution in [3.63, 3.8) is 0 Å². The second-order valence-electron chi connectivity index (χ2n) is 2.64. The number of carbonyl (C=O) groups excluding carboxylic acids is 2. The van der Waals surface area contributed by atoms with Gasteiger partial charge in [-0.3, -0.25) is 4.79 Å². The number of hydrogen-bond donors (Lipinski definition) is 0. The predicted octanol–water partition coefficient (Wildman–Crippen LogP) is 1.92. The van der Waals surface area contributed by atoms with E-state index in [9.17, 15) is 9.59 Å². The van der Waals surface area contributed by atoms with Gasteiger partial charge in [0.1, 0.15) is 0 Å². The lowest BCUT2D eigenvalue weighted by molar-refractivity contribution is 0.0599. The van der Waals surface area contributed by atoms with Gasteiger partial charge in [-0.2, -0.15) is 5.26 Å². The molecular weight excluding hydrogens is 262 g/mol. The molecule has 0 radical (unpaired) electrons. The smallest absolute Gasteiger partial charge is 0.339 e. The van der Waals surface area contributed by atoms with Gasteiger partial charge in [-0.05, 0) is 28.1 Å². The average Bonchev–Trinajstić information content (AvgIpc) is 2.27. The van der Waals surface area contributed by atoms with Crippen LogP contribution in [0.4, 0.5) is 0 Å². The number of ether oxygens (including phenoxy) is 1. The van der Waals surface area contributed by atoms with E-state index in [1.54, 1.807) is 0 Å². The first kappa shape index (κ1) is 11.4. The summed E-state index contributed by atoms with van der Waals surface area (Å²) >= 11 is 3.12. The Hall–Kier alpha value is -1.67. The molecule has 76 valence electrons. The van der Waals surface area contributed by atoms with Gasteiger partial charge in [-0.1, -0.05) is 0 Å². The molecule has 0 bridgehead atoms. The Morgan fingerprint density at radius 3 is 2.73 bits per heavy atom. The number of hydrogen-bond acceptors (Lipinski definition) is 4. The molecule has 1 aromatic rings. The molecule has 0 spiro atoms. The zero-order chi connectivity index (χ0) is 11.4. The van der Waals surface area contributed by atoms with E-state index < -0.39 is 5.97 Å². The van der Waals surface area contributed by atoms with Crippen LogP contribution in [-0.2, 0) is 4.74 Å². The van der Waals surface area contributed by atoms with Gasteiger partial charge in [0, 0.05) is 10.0 Å². The van der Waals surface area contributed by atoms with Gasteiger partial charge in [-0.15, -0.1) is 0 Å². The van der Waals surface area contributed by atoms with Crippen LogP contribution in [0.3, 0.4) is 0 Å². The van der Waals surface area contributed by atoms with E-state index in [0.717, 1.165) is 0 Å². The molecule has 0 atom stereocenters. The van der Waals surface area contributed by atoms with Crippen LogP contribution in [0.1, 0.15) is 26.3 Å². The summed E-state index contributed by atoms with van der Waals surface area (Å²) in [5, 5.41) is 8.74. The van der Waals surface area contributed by atoms with Gasteiger partial charge in [0.2, 0.25) is 0 Å². The van der Waals surface area contributed by atoms with E-state index in [-0.39, 0.29) is 16.7 Å². The summed E-state index contributed by atoms with van der Waals surface area (Å²) in [6.45, 7) is 0. The molecule has 0 amide bonds. The lowest BCUT2D eigenvalue weighted by Gasteiger charge is -2.04. The van der Waals surface area contributed by atoms with Crippen LogP contribution >= 0.6 is 15.9 Å². The Balaban J connectivity index is 3.40. The second-order valence-corrected chi connectivity index (χ2v) is 3.49. The van der Waals surface area contributed by atoms with E-state index >= 15 is 0 Å². The van der Waals surface area contributed by atoms with Crippen molar-refractivity contribution in [3.05, 3.63) is 33.3 Å². The molecule has 0 saturated carbocycles. The number of nitriles is 1. The molecule has 0 aliphatic heterocycles. The number of carbonyl (C=O) groups is 2. The highest BCUT2D eigenvalue weighted by atomic mass is 79.9. The molecule has 0 saturated heterocycles. The van der Waals surface area contributed by atoms with Crippen molar-refractivity contribution in [2.24, 2.45) is 0 Å². The molecule has 0 unspecified atom stereocenters. The maximum absolute atomic E-state index is 11.3. The first-order valence-electron chi connectivity index (χ1n) is 3.91. The maximum Gasteiger partial charge on any atom is 0.339 e. The fourth-order valence-electron chi connectivity index (χ4n) is 1.05. The van der Waals surface area contributed by atoms with Gasteiger partial charge in [-0.25, -0.2) is 4.79 Å². The molecule has 0 heterocycles. The number of rotatable bonds is 2. The average molecular weight is 268 g/mol. The van der Waals surface area contributed by atoms with Crippen molar-refractivity contribution in [1.29, 1.82) is 5.26 Å². The van der Waals surface area contributed by atoms with Crippen molar-refractivity contribution < 1.29 is 14.3 Å². The minimum Gasteiger partial charge on any atom is -0.465 e. The zero-order valence-corrected chi connectivity index (χ0v) is 9.37. The number of halogens is 1. The predicted molar refractivity (Wildman–Crippen MR) is 55.6 cm³/mol. The van der Waals surface area contributed by atoms with Crippen LogP contribution in [0.2, 0.25) is 0 Å². The zero-order valence-electron chi connectivity index (χ0n) is 7.78. The van der Waals surface area contributed by atoms with Gasteiger partial charge >= 0.3 is 5.97 Å². The quantitative estimate of drug-likeness (QED) is 0.607. The minimum absolute atomic E-state index is 0.147. The molecule has 1 rings (SSSR count). The Labute approximate surface area is 94.6 Å². The summed E-state index contributed by atoms with van der Waals surface area (Å²) in [7, 11) is 1.24. The molecular formula is C10H6BrNO3. The van der Waals surface area contributed by atoms with E-state index in [2.05, 4.69) is 20.7 Å². The standard InChI is InChI=1S/C10H6BrNO3/c1-15-10(14)8-2-6(4-12)7(5-13)3-9(8)11/h2-3,5H,1H3. The van der Waals surface area contributed by atoms with Crippen molar-refractivity contribution in [2.75, 3.05) is 7.11 Å². The maximum atomic E-state index is 11.3. The molecule has 0 aliphatic rings. The highest BCUT2D eigenvalue weighted by molar-refractivity contribution is 9.10. The lowest BCUT2D eigenvalue weighted by Crippen LogP contribution is -2.04. The largest absolute Gasteiger partial charge is 0.465 e. The number of benzene rings is 1. The van der Waals surface area contributed by atoms with Gasteiger partial charge < -0.3 is 4.74 Å². The third kappa shape index (κ3) is 2.22. The molecule has 0 N–H and O–H groups in total. The van der Waals surface area contributed by atoms with Gasteiger partial charge in [0.15, 0.2) is 6.29 Å². The van der Waals surface area contributed by atoms with Gasteiger partial charge in [0.05, 0.1) is 24.3 Å². The molecule has 1 aromatic carbocycles. The molecule has 0 aliphatic carbocycles. The van der Waals surface area contributed by atoms with Crippen LogP contribution in [0, 0.1) is 11.3 Å². The van der Waals surface area contributed by atoms with Crippen molar-refractivity contribution in [1.82, 2.24) is 0 Å². The van der Waals surface area contributed by atoms with E-state index in [4.69, 9.17) is 5.26 Å². The summed E-state index contributed by atoms with van der Waals surface area (Å²) in [6.07, 6.45) is 0.560. The SMILES string of the molecule is COC(=O)c1cc(C#N)c(C=O)cc1Br. The number of methoxy groups -OCH3 is 1. The molecule has 4 nitrogen and oxygen atoms in total. The van der Waals surface area contributed by atoms with E-state index in [1.165, 1.54) is 19.2 Å². The second kappa shape index (κ2) is 4.71. The molecule has 0 aromatic heterocycles. The number of esters is 1. The van der Waals surface area contributed by atoms with E-state index in [1.807, 2.05) is 6.07 Å². The van der Waals surface area contributed by atoms with Crippen molar-refractivity contribution in [3.8, 4) is 6.07 Å². The van der Waals surface area contributed by atoms with Crippen LogP contribution in [0.25, 0.3) is 0 Å². The first-order chi connectivity index (χ1) is 7.13.